The Hall–Kier alpha value is -3.22. The van der Waals surface area contributed by atoms with E-state index in [9.17, 15) is 19.5 Å². The van der Waals surface area contributed by atoms with Crippen molar-refractivity contribution in [3.63, 3.8) is 0 Å². The molecule has 0 fully saturated rings. The van der Waals surface area contributed by atoms with Gasteiger partial charge in [0.25, 0.3) is 5.91 Å². The highest BCUT2D eigenvalue weighted by Gasteiger charge is 2.42. The first-order valence-corrected chi connectivity index (χ1v) is 8.57. The summed E-state index contributed by atoms with van der Waals surface area (Å²) in [5, 5.41) is 12.0. The fourth-order valence-corrected chi connectivity index (χ4v) is 3.31. The number of aromatic nitrogens is 1. The maximum absolute atomic E-state index is 12.6. The number of pyridine rings is 1. The summed E-state index contributed by atoms with van der Waals surface area (Å²) >= 11 is 0. The molecular weight excluding hydrogens is 346 g/mol. The second-order valence-electron chi connectivity index (χ2n) is 7.14. The second kappa shape index (κ2) is 6.83. The van der Waals surface area contributed by atoms with Crippen molar-refractivity contribution in [2.45, 2.75) is 31.7 Å². The van der Waals surface area contributed by atoms with Crippen LogP contribution in [0.5, 0.6) is 0 Å². The van der Waals surface area contributed by atoms with Gasteiger partial charge in [-0.2, -0.15) is 0 Å². The summed E-state index contributed by atoms with van der Waals surface area (Å²) in [6, 6.07) is 7.34. The highest BCUT2D eigenvalue weighted by atomic mass is 16.4. The maximum atomic E-state index is 12.6. The van der Waals surface area contributed by atoms with E-state index in [1.54, 1.807) is 54.7 Å². The van der Waals surface area contributed by atoms with E-state index in [-0.39, 0.29) is 12.3 Å². The number of nitrogens with one attached hydrogen (secondary N) is 1. The van der Waals surface area contributed by atoms with Gasteiger partial charge in [0.1, 0.15) is 6.04 Å². The lowest BCUT2D eigenvalue weighted by atomic mass is 9.85. The van der Waals surface area contributed by atoms with Gasteiger partial charge in [-0.1, -0.05) is 0 Å². The van der Waals surface area contributed by atoms with Gasteiger partial charge >= 0.3 is 5.97 Å². The number of carbonyl (C=O) groups is 3. The van der Waals surface area contributed by atoms with E-state index >= 15 is 0 Å². The zero-order valence-corrected chi connectivity index (χ0v) is 15.4. The number of amides is 2. The number of fused-ring (bicyclic) bond motifs is 1. The van der Waals surface area contributed by atoms with E-state index < -0.39 is 23.3 Å². The van der Waals surface area contributed by atoms with Crippen LogP contribution < -0.4 is 10.2 Å². The number of anilines is 1. The van der Waals surface area contributed by atoms with Gasteiger partial charge < -0.3 is 15.3 Å². The van der Waals surface area contributed by atoms with Gasteiger partial charge in [-0.05, 0) is 55.3 Å². The van der Waals surface area contributed by atoms with Crippen LogP contribution in [0.25, 0.3) is 0 Å². The standard InChI is InChI=1S/C20H21N3O4/c1-20(2)14-11-13(4-5-16(14)23(3)19(20)27)17(24)22-15(18(25)26)10-12-6-8-21-9-7-12/h4-9,11,15H,10H2,1-3H3,(H,22,24)(H,25,26). The van der Waals surface area contributed by atoms with Crippen molar-refractivity contribution in [3.8, 4) is 0 Å². The fraction of sp³-hybridized carbons (Fsp3) is 0.300. The van der Waals surface area contributed by atoms with E-state index in [0.717, 1.165) is 16.8 Å². The molecule has 0 aliphatic carbocycles. The number of carboxylic acids is 1. The summed E-state index contributed by atoms with van der Waals surface area (Å²) in [6.07, 6.45) is 3.31. The predicted molar refractivity (Wildman–Crippen MR) is 99.7 cm³/mol. The van der Waals surface area contributed by atoms with E-state index in [1.807, 2.05) is 13.8 Å². The molecule has 0 bridgehead atoms. The van der Waals surface area contributed by atoms with Crippen LogP contribution >= 0.6 is 0 Å². The summed E-state index contributed by atoms with van der Waals surface area (Å²) in [5.41, 5.74) is 1.87. The quantitative estimate of drug-likeness (QED) is 0.839. The molecule has 7 nitrogen and oxygen atoms in total. The van der Waals surface area contributed by atoms with Crippen molar-refractivity contribution in [2.75, 3.05) is 11.9 Å². The molecule has 1 unspecified atom stereocenters. The molecule has 0 saturated heterocycles. The summed E-state index contributed by atoms with van der Waals surface area (Å²) in [6.45, 7) is 3.62. The molecular formula is C20H21N3O4. The van der Waals surface area contributed by atoms with Gasteiger partial charge in [0.2, 0.25) is 5.91 Å². The Kier molecular flexibility index (Phi) is 4.70. The normalized spacial score (nSPS) is 16.0. The summed E-state index contributed by atoms with van der Waals surface area (Å²) in [7, 11) is 1.70. The molecule has 0 saturated carbocycles. The SMILES string of the molecule is CN1C(=O)C(C)(C)c2cc(C(=O)NC(Cc3ccncc3)C(=O)O)ccc21. The third-order valence-corrected chi connectivity index (χ3v) is 4.93. The Morgan fingerprint density at radius 2 is 1.89 bits per heavy atom. The number of aliphatic carboxylic acids is 1. The molecule has 1 aromatic heterocycles. The molecule has 1 aliphatic heterocycles. The second-order valence-corrected chi connectivity index (χ2v) is 7.14. The largest absolute Gasteiger partial charge is 0.480 e. The average molecular weight is 367 g/mol. The zero-order valence-electron chi connectivity index (χ0n) is 15.4. The average Bonchev–Trinajstić information content (AvgIpc) is 2.82. The number of nitrogens with zero attached hydrogens (tertiary/aromatic N) is 2. The molecule has 3 rings (SSSR count). The topological polar surface area (TPSA) is 99.6 Å². The van der Waals surface area contributed by atoms with Crippen LogP contribution in [0.1, 0.15) is 35.3 Å². The molecule has 2 heterocycles. The maximum Gasteiger partial charge on any atom is 0.326 e. The lowest BCUT2D eigenvalue weighted by Crippen LogP contribution is -2.42. The van der Waals surface area contributed by atoms with Crippen LogP contribution in [0.15, 0.2) is 42.7 Å². The Morgan fingerprint density at radius 1 is 1.22 bits per heavy atom. The predicted octanol–water partition coefficient (Wildman–Crippen LogP) is 1.76. The van der Waals surface area contributed by atoms with Crippen molar-refractivity contribution in [3.05, 3.63) is 59.4 Å². The third-order valence-electron chi connectivity index (χ3n) is 4.93. The third kappa shape index (κ3) is 3.40. The molecule has 7 heteroatoms. The minimum Gasteiger partial charge on any atom is -0.480 e. The number of hydrogen-bond acceptors (Lipinski definition) is 4. The Balaban J connectivity index is 1.83. The number of carboxylic acid groups (broad SMARTS) is 1. The first-order valence-electron chi connectivity index (χ1n) is 8.57. The van der Waals surface area contributed by atoms with Crippen LogP contribution in [-0.2, 0) is 21.4 Å². The first-order chi connectivity index (χ1) is 12.7. The lowest BCUT2D eigenvalue weighted by molar-refractivity contribution is -0.139. The molecule has 1 aromatic carbocycles. The number of carbonyl (C=O) groups excluding carboxylic acids is 2. The van der Waals surface area contributed by atoms with Gasteiger partial charge in [0.05, 0.1) is 5.41 Å². The highest BCUT2D eigenvalue weighted by molar-refractivity contribution is 6.08. The monoisotopic (exact) mass is 367 g/mol. The van der Waals surface area contributed by atoms with Crippen LogP contribution in [0, 0.1) is 0 Å². The van der Waals surface area contributed by atoms with Crippen LogP contribution in [0.2, 0.25) is 0 Å². The summed E-state index contributed by atoms with van der Waals surface area (Å²) < 4.78 is 0. The van der Waals surface area contributed by atoms with E-state index in [0.29, 0.717) is 5.56 Å². The van der Waals surface area contributed by atoms with Crippen molar-refractivity contribution < 1.29 is 19.5 Å². The van der Waals surface area contributed by atoms with Crippen molar-refractivity contribution in [2.24, 2.45) is 0 Å². The number of likely N-dealkylation sites (N-methyl/N-ethyl adjacent to an activating group) is 1. The highest BCUT2D eigenvalue weighted by Crippen LogP contribution is 2.41. The molecule has 0 radical (unpaired) electrons. The lowest BCUT2D eigenvalue weighted by Gasteiger charge is -2.17. The smallest absolute Gasteiger partial charge is 0.326 e. The van der Waals surface area contributed by atoms with Crippen molar-refractivity contribution >= 4 is 23.5 Å². The van der Waals surface area contributed by atoms with Crippen molar-refractivity contribution in [1.29, 1.82) is 0 Å². The van der Waals surface area contributed by atoms with Crippen LogP contribution in [0.3, 0.4) is 0 Å². The van der Waals surface area contributed by atoms with Gasteiger partial charge in [0, 0.05) is 37.1 Å². The number of hydrogen-bond donors (Lipinski definition) is 2. The molecule has 27 heavy (non-hydrogen) atoms. The van der Waals surface area contributed by atoms with Gasteiger partial charge in [-0.3, -0.25) is 14.6 Å². The van der Waals surface area contributed by atoms with E-state index in [4.69, 9.17) is 0 Å². The van der Waals surface area contributed by atoms with Crippen molar-refractivity contribution in [1.82, 2.24) is 10.3 Å². The van der Waals surface area contributed by atoms with Crippen LogP contribution in [-0.4, -0.2) is 41.0 Å². The first kappa shape index (κ1) is 18.6. The number of rotatable bonds is 5. The molecule has 2 aromatic rings. The zero-order chi connectivity index (χ0) is 19.8. The Bertz CT molecular complexity index is 909. The van der Waals surface area contributed by atoms with Gasteiger partial charge in [-0.25, -0.2) is 4.79 Å². The minimum atomic E-state index is -1.11. The molecule has 2 N–H and O–H groups in total. The molecule has 140 valence electrons. The van der Waals surface area contributed by atoms with Crippen LogP contribution in [0.4, 0.5) is 5.69 Å². The summed E-state index contributed by atoms with van der Waals surface area (Å²) in [5.74, 6) is -1.65. The number of benzene rings is 1. The van der Waals surface area contributed by atoms with Gasteiger partial charge in [-0.15, -0.1) is 0 Å². The Labute approximate surface area is 157 Å². The van der Waals surface area contributed by atoms with Gasteiger partial charge in [0.15, 0.2) is 0 Å². The molecule has 2 amide bonds. The van der Waals surface area contributed by atoms with E-state index in [2.05, 4.69) is 10.3 Å². The molecule has 1 atom stereocenters. The fourth-order valence-electron chi connectivity index (χ4n) is 3.31. The molecule has 0 spiro atoms. The minimum absolute atomic E-state index is 0.0452. The summed E-state index contributed by atoms with van der Waals surface area (Å²) in [4.78, 5) is 42.1. The van der Waals surface area contributed by atoms with E-state index in [1.165, 1.54) is 0 Å². The Morgan fingerprint density at radius 3 is 2.52 bits per heavy atom. The molecule has 1 aliphatic rings.